The van der Waals surface area contributed by atoms with Gasteiger partial charge in [0.1, 0.15) is 6.17 Å². The Morgan fingerprint density at radius 3 is 1.98 bits per heavy atom. The van der Waals surface area contributed by atoms with Crippen LogP contribution in [-0.2, 0) is 0 Å². The Morgan fingerprint density at radius 2 is 1.25 bits per heavy atom. The Kier molecular flexibility index (Phi) is 7.92. The molecule has 2 atom stereocenters. The van der Waals surface area contributed by atoms with Crippen molar-refractivity contribution in [2.24, 2.45) is 0 Å². The molecule has 0 bridgehead atoms. The number of anilines is 2. The summed E-state index contributed by atoms with van der Waals surface area (Å²) in [4.78, 5) is 2.38. The Hall–Kier alpha value is -6.36. The van der Waals surface area contributed by atoms with Gasteiger partial charge in [-0.1, -0.05) is 140 Å². The van der Waals surface area contributed by atoms with E-state index in [2.05, 4.69) is 209 Å². The van der Waals surface area contributed by atoms with Crippen LogP contribution in [0.3, 0.4) is 0 Å². The summed E-state index contributed by atoms with van der Waals surface area (Å²) in [7, 11) is 0. The first-order valence-corrected chi connectivity index (χ1v) is 17.6. The van der Waals surface area contributed by atoms with Crippen molar-refractivity contribution in [3.05, 3.63) is 211 Å². The van der Waals surface area contributed by atoms with Crippen LogP contribution in [0.5, 0.6) is 0 Å². The van der Waals surface area contributed by atoms with Crippen LogP contribution < -0.4 is 15.5 Å². The first kappa shape index (κ1) is 30.7. The summed E-state index contributed by atoms with van der Waals surface area (Å²) in [5, 5.41) is 10.1. The summed E-state index contributed by atoms with van der Waals surface area (Å²) >= 11 is 0. The number of fused-ring (bicyclic) bond motifs is 4. The molecular formula is C47H38N4. The third-order valence-electron chi connectivity index (χ3n) is 10.0. The highest BCUT2D eigenvalue weighted by Crippen LogP contribution is 2.39. The zero-order valence-electron chi connectivity index (χ0n) is 28.3. The molecule has 0 radical (unpaired) electrons. The van der Waals surface area contributed by atoms with Crippen molar-refractivity contribution >= 4 is 44.5 Å². The highest BCUT2D eigenvalue weighted by molar-refractivity contribution is 6.09. The number of rotatable bonds is 5. The molecule has 3 heterocycles. The van der Waals surface area contributed by atoms with Gasteiger partial charge in [-0.15, -0.1) is 0 Å². The molecule has 51 heavy (non-hydrogen) atoms. The lowest BCUT2D eigenvalue weighted by atomic mass is 9.98. The third kappa shape index (κ3) is 5.76. The molecule has 246 valence electrons. The van der Waals surface area contributed by atoms with Crippen molar-refractivity contribution in [1.82, 2.24) is 15.2 Å². The van der Waals surface area contributed by atoms with E-state index in [1.165, 1.54) is 38.5 Å². The number of nitrogens with zero attached hydrogens (tertiary/aromatic N) is 2. The average Bonchev–Trinajstić information content (AvgIpc) is 3.57. The van der Waals surface area contributed by atoms with Crippen LogP contribution in [0.15, 0.2) is 189 Å². The Morgan fingerprint density at radius 1 is 0.608 bits per heavy atom. The van der Waals surface area contributed by atoms with Gasteiger partial charge in [0.15, 0.2) is 0 Å². The third-order valence-corrected chi connectivity index (χ3v) is 10.0. The van der Waals surface area contributed by atoms with Gasteiger partial charge in [0, 0.05) is 45.6 Å². The zero-order chi connectivity index (χ0) is 34.1. The SMILES string of the molecule is C=C1/C=C\C=C/CN(c2ccc(C3NC(c4ccccc4)=CC(c4ccccc4)N3)cc2)c2ccc(-n3c4ccccc4c4ccccc43)cc21. The van der Waals surface area contributed by atoms with Crippen LogP contribution >= 0.6 is 0 Å². The van der Waals surface area contributed by atoms with Crippen LogP contribution in [-0.4, -0.2) is 11.1 Å². The van der Waals surface area contributed by atoms with Crippen molar-refractivity contribution in [2.75, 3.05) is 11.4 Å². The molecule has 0 spiro atoms. The monoisotopic (exact) mass is 658 g/mol. The number of allylic oxidation sites excluding steroid dienone is 4. The molecule has 7 aromatic rings. The molecule has 4 nitrogen and oxygen atoms in total. The quantitative estimate of drug-likeness (QED) is 0.193. The van der Waals surface area contributed by atoms with Gasteiger partial charge in [-0.3, -0.25) is 5.32 Å². The number of para-hydroxylation sites is 2. The first-order chi connectivity index (χ1) is 25.2. The molecule has 1 aromatic heterocycles. The van der Waals surface area contributed by atoms with E-state index in [4.69, 9.17) is 0 Å². The second kappa shape index (κ2) is 13.2. The molecule has 0 fully saturated rings. The zero-order valence-corrected chi connectivity index (χ0v) is 28.3. The summed E-state index contributed by atoms with van der Waals surface area (Å²) in [5.41, 5.74) is 12.6. The van der Waals surface area contributed by atoms with E-state index in [0.717, 1.165) is 40.4 Å². The summed E-state index contributed by atoms with van der Waals surface area (Å²) in [6.07, 6.45) is 10.7. The molecule has 4 heteroatoms. The number of hydrogen-bond acceptors (Lipinski definition) is 3. The minimum absolute atomic E-state index is 0.0649. The Labute approximate surface area is 299 Å². The number of benzene rings is 6. The average molecular weight is 659 g/mol. The number of nitrogens with one attached hydrogen (secondary N) is 2. The summed E-state index contributed by atoms with van der Waals surface area (Å²) in [6, 6.07) is 54.4. The van der Waals surface area contributed by atoms with Crippen molar-refractivity contribution in [1.29, 1.82) is 0 Å². The lowest BCUT2D eigenvalue weighted by Crippen LogP contribution is -2.39. The van der Waals surface area contributed by atoms with Gasteiger partial charge in [0.25, 0.3) is 0 Å². The molecule has 2 aliphatic heterocycles. The minimum atomic E-state index is -0.0649. The van der Waals surface area contributed by atoms with Crippen molar-refractivity contribution in [2.45, 2.75) is 12.2 Å². The minimum Gasteiger partial charge on any atom is -0.366 e. The van der Waals surface area contributed by atoms with Crippen LogP contribution in [0.1, 0.15) is 34.5 Å². The topological polar surface area (TPSA) is 32.2 Å². The van der Waals surface area contributed by atoms with Crippen LogP contribution in [0.25, 0.3) is 38.8 Å². The van der Waals surface area contributed by atoms with Gasteiger partial charge in [-0.2, -0.15) is 0 Å². The van der Waals surface area contributed by atoms with Crippen molar-refractivity contribution < 1.29 is 0 Å². The fourth-order valence-corrected chi connectivity index (χ4v) is 7.52. The van der Waals surface area contributed by atoms with E-state index < -0.39 is 0 Å². The van der Waals surface area contributed by atoms with Crippen LogP contribution in [0, 0.1) is 0 Å². The maximum absolute atomic E-state index is 4.54. The summed E-state index contributed by atoms with van der Waals surface area (Å²) in [5.74, 6) is 0. The molecule has 2 unspecified atom stereocenters. The van der Waals surface area contributed by atoms with Crippen molar-refractivity contribution in [3.63, 3.8) is 0 Å². The molecule has 0 aliphatic carbocycles. The standard InChI is InChI=1S/C47H38N4/c1-33-15-5-4-14-30-50(44-29-28-38(31-41(33)44)51-45-22-12-10-20-39(45)40-21-11-13-23-46(40)51)37-26-24-36(25-27-37)47-48-42(34-16-6-2-7-17-34)32-43(49-47)35-18-8-3-9-19-35/h2-29,31-32,42,47-49H,1,30H2/b14-4-,15-5-. The normalized spacial score (nSPS) is 18.6. The van der Waals surface area contributed by atoms with Crippen molar-refractivity contribution in [3.8, 4) is 5.69 Å². The molecule has 2 N–H and O–H groups in total. The molecule has 9 rings (SSSR count). The van der Waals surface area contributed by atoms with E-state index in [0.29, 0.717) is 0 Å². The maximum Gasteiger partial charge on any atom is 0.104 e. The molecular weight excluding hydrogens is 621 g/mol. The lowest BCUT2D eigenvalue weighted by Gasteiger charge is -2.33. The molecule has 0 saturated heterocycles. The number of hydrogen-bond donors (Lipinski definition) is 2. The smallest absolute Gasteiger partial charge is 0.104 e. The maximum atomic E-state index is 4.54. The number of aromatic nitrogens is 1. The molecule has 0 saturated carbocycles. The second-order valence-corrected chi connectivity index (χ2v) is 13.2. The van der Waals surface area contributed by atoms with Gasteiger partial charge in [-0.25, -0.2) is 0 Å². The fourth-order valence-electron chi connectivity index (χ4n) is 7.52. The predicted molar refractivity (Wildman–Crippen MR) is 214 cm³/mol. The summed E-state index contributed by atoms with van der Waals surface area (Å²) < 4.78 is 2.37. The van der Waals surface area contributed by atoms with Gasteiger partial charge in [-0.05, 0) is 70.8 Å². The highest BCUT2D eigenvalue weighted by Gasteiger charge is 2.25. The Bertz CT molecular complexity index is 2410. The lowest BCUT2D eigenvalue weighted by molar-refractivity contribution is 0.442. The van der Waals surface area contributed by atoms with Gasteiger partial charge in [0.2, 0.25) is 0 Å². The van der Waals surface area contributed by atoms with Gasteiger partial charge >= 0.3 is 0 Å². The van der Waals surface area contributed by atoms with E-state index >= 15 is 0 Å². The van der Waals surface area contributed by atoms with Crippen LogP contribution in [0.4, 0.5) is 11.4 Å². The largest absolute Gasteiger partial charge is 0.366 e. The fraction of sp³-hybridized carbons (Fsp3) is 0.0638. The highest BCUT2D eigenvalue weighted by atomic mass is 15.2. The first-order valence-electron chi connectivity index (χ1n) is 17.6. The van der Waals surface area contributed by atoms with E-state index in [1.807, 2.05) is 0 Å². The molecule has 0 amide bonds. The second-order valence-electron chi connectivity index (χ2n) is 13.2. The van der Waals surface area contributed by atoms with Crippen LogP contribution in [0.2, 0.25) is 0 Å². The summed E-state index contributed by atoms with van der Waals surface area (Å²) in [6.45, 7) is 5.27. The molecule has 2 aliphatic rings. The van der Waals surface area contributed by atoms with E-state index in [-0.39, 0.29) is 12.2 Å². The van der Waals surface area contributed by atoms with Gasteiger partial charge < -0.3 is 14.8 Å². The predicted octanol–water partition coefficient (Wildman–Crippen LogP) is 11.0. The Balaban J connectivity index is 1.08. The van der Waals surface area contributed by atoms with Gasteiger partial charge in [0.05, 0.1) is 17.1 Å². The van der Waals surface area contributed by atoms with E-state index in [9.17, 15) is 0 Å². The van der Waals surface area contributed by atoms with E-state index in [1.54, 1.807) is 0 Å². The molecule has 6 aromatic carbocycles.